The number of esters is 3. The second-order valence-corrected chi connectivity index (χ2v) is 21.0. The highest BCUT2D eigenvalue weighted by Crippen LogP contribution is 2.17. The predicted octanol–water partition coefficient (Wildman–Crippen LogP) is 20.8. The minimum atomic E-state index is -0.770. The number of ether oxygens (including phenoxy) is 3. The first-order valence-corrected chi connectivity index (χ1v) is 31.0. The SMILES string of the molecule is CCCCC/C=C\C/C=C\CCCCCCCCCCCC(=O)OC(COC(=O)CCCCCCCCCC)COC(=O)CCCCCCCCCCCCCCC/C=C\CCCCCCCCCC. The van der Waals surface area contributed by atoms with Crippen LogP contribution in [0.5, 0.6) is 0 Å². The van der Waals surface area contributed by atoms with Gasteiger partial charge in [-0.3, -0.25) is 14.4 Å². The van der Waals surface area contributed by atoms with Crippen molar-refractivity contribution in [1.29, 1.82) is 0 Å². The molecule has 1 atom stereocenters. The zero-order valence-corrected chi connectivity index (χ0v) is 47.1. The summed E-state index contributed by atoms with van der Waals surface area (Å²) in [5.41, 5.74) is 0. The first-order chi connectivity index (χ1) is 34.5. The Morgan fingerprint density at radius 2 is 0.514 bits per heavy atom. The lowest BCUT2D eigenvalue weighted by Crippen LogP contribution is -2.30. The summed E-state index contributed by atoms with van der Waals surface area (Å²) in [4.78, 5) is 38.1. The molecular weight excluding hydrogens is 865 g/mol. The zero-order valence-electron chi connectivity index (χ0n) is 47.1. The van der Waals surface area contributed by atoms with Crippen molar-refractivity contribution < 1.29 is 28.6 Å². The summed E-state index contributed by atoms with van der Waals surface area (Å²) in [5.74, 6) is -0.861. The lowest BCUT2D eigenvalue weighted by molar-refractivity contribution is -0.167. The highest BCUT2D eigenvalue weighted by Gasteiger charge is 2.19. The molecule has 410 valence electrons. The summed E-state index contributed by atoms with van der Waals surface area (Å²) >= 11 is 0. The maximum absolute atomic E-state index is 12.8. The average Bonchev–Trinajstić information content (AvgIpc) is 3.36. The van der Waals surface area contributed by atoms with E-state index in [0.717, 1.165) is 64.2 Å². The van der Waals surface area contributed by atoms with Gasteiger partial charge in [0, 0.05) is 19.3 Å². The standard InChI is InChI=1S/C64H118O6/c1-4-7-10-13-16-19-21-23-25-27-29-30-31-32-33-34-36-37-39-41-43-45-48-51-54-57-63(66)69-60-61(59-68-62(65)56-53-50-47-18-15-12-9-6-3)70-64(67)58-55-52-49-46-44-42-40-38-35-28-26-24-22-20-17-14-11-8-5-2/h17,20,24,26-27,29,61H,4-16,18-19,21-23,25,28,30-60H2,1-3H3/b20-17-,26-24-,29-27-. The van der Waals surface area contributed by atoms with Crippen molar-refractivity contribution in [3.8, 4) is 0 Å². The normalized spacial score (nSPS) is 12.2. The van der Waals surface area contributed by atoms with Gasteiger partial charge in [-0.15, -0.1) is 0 Å². The van der Waals surface area contributed by atoms with Gasteiger partial charge in [-0.25, -0.2) is 0 Å². The molecule has 0 aliphatic heterocycles. The van der Waals surface area contributed by atoms with Crippen LogP contribution >= 0.6 is 0 Å². The van der Waals surface area contributed by atoms with Crippen LogP contribution in [0.3, 0.4) is 0 Å². The monoisotopic (exact) mass is 983 g/mol. The van der Waals surface area contributed by atoms with E-state index in [1.54, 1.807) is 0 Å². The summed E-state index contributed by atoms with van der Waals surface area (Å²) in [6.07, 6.45) is 71.6. The Morgan fingerprint density at radius 3 is 0.829 bits per heavy atom. The Morgan fingerprint density at radius 1 is 0.286 bits per heavy atom. The number of unbranched alkanes of at least 4 members (excludes halogenated alkanes) is 40. The van der Waals surface area contributed by atoms with Gasteiger partial charge in [0.15, 0.2) is 6.10 Å². The fraction of sp³-hybridized carbons (Fsp3) is 0.859. The van der Waals surface area contributed by atoms with Crippen molar-refractivity contribution in [1.82, 2.24) is 0 Å². The Balaban J connectivity index is 4.14. The van der Waals surface area contributed by atoms with Crippen LogP contribution in [0.15, 0.2) is 36.5 Å². The van der Waals surface area contributed by atoms with Crippen LogP contribution in [0.25, 0.3) is 0 Å². The van der Waals surface area contributed by atoms with Crippen molar-refractivity contribution in [2.75, 3.05) is 13.2 Å². The third-order valence-electron chi connectivity index (χ3n) is 13.9. The van der Waals surface area contributed by atoms with Gasteiger partial charge < -0.3 is 14.2 Å². The first kappa shape index (κ1) is 67.6. The van der Waals surface area contributed by atoms with Gasteiger partial charge in [0.1, 0.15) is 13.2 Å². The molecule has 0 saturated carbocycles. The second kappa shape index (κ2) is 59.2. The lowest BCUT2D eigenvalue weighted by Gasteiger charge is -2.18. The van der Waals surface area contributed by atoms with E-state index < -0.39 is 6.10 Å². The van der Waals surface area contributed by atoms with Crippen LogP contribution in [0.4, 0.5) is 0 Å². The minimum Gasteiger partial charge on any atom is -0.462 e. The van der Waals surface area contributed by atoms with Crippen molar-refractivity contribution in [3.05, 3.63) is 36.5 Å². The molecule has 0 rings (SSSR count). The molecule has 0 bridgehead atoms. The van der Waals surface area contributed by atoms with E-state index in [9.17, 15) is 14.4 Å². The molecule has 0 N–H and O–H groups in total. The van der Waals surface area contributed by atoms with Crippen LogP contribution in [0.2, 0.25) is 0 Å². The van der Waals surface area contributed by atoms with E-state index in [2.05, 4.69) is 57.2 Å². The summed E-state index contributed by atoms with van der Waals surface area (Å²) in [6, 6.07) is 0. The molecule has 6 heteroatoms. The van der Waals surface area contributed by atoms with E-state index in [1.807, 2.05) is 0 Å². The fourth-order valence-corrected chi connectivity index (χ4v) is 9.18. The van der Waals surface area contributed by atoms with Gasteiger partial charge in [-0.05, 0) is 77.0 Å². The number of hydrogen-bond donors (Lipinski definition) is 0. The molecule has 0 aromatic carbocycles. The molecule has 0 radical (unpaired) electrons. The van der Waals surface area contributed by atoms with Gasteiger partial charge in [0.25, 0.3) is 0 Å². The van der Waals surface area contributed by atoms with Crippen LogP contribution in [-0.4, -0.2) is 37.2 Å². The Hall–Kier alpha value is -2.37. The Kier molecular flexibility index (Phi) is 57.2. The van der Waals surface area contributed by atoms with Gasteiger partial charge in [0.2, 0.25) is 0 Å². The van der Waals surface area contributed by atoms with E-state index in [4.69, 9.17) is 14.2 Å². The molecule has 70 heavy (non-hydrogen) atoms. The molecule has 0 aromatic heterocycles. The van der Waals surface area contributed by atoms with Crippen molar-refractivity contribution in [3.63, 3.8) is 0 Å². The molecule has 0 aliphatic rings. The number of carbonyl (C=O) groups is 3. The molecule has 0 aromatic rings. The molecule has 0 fully saturated rings. The number of carbonyl (C=O) groups excluding carboxylic acids is 3. The van der Waals surface area contributed by atoms with Crippen molar-refractivity contribution in [2.24, 2.45) is 0 Å². The number of hydrogen-bond acceptors (Lipinski definition) is 6. The Labute approximate surface area is 435 Å². The maximum atomic E-state index is 12.8. The summed E-state index contributed by atoms with van der Waals surface area (Å²) in [7, 11) is 0. The zero-order chi connectivity index (χ0) is 50.7. The second-order valence-electron chi connectivity index (χ2n) is 21.0. The van der Waals surface area contributed by atoms with Crippen molar-refractivity contribution >= 4 is 17.9 Å². The summed E-state index contributed by atoms with van der Waals surface area (Å²) in [5, 5.41) is 0. The third kappa shape index (κ3) is 56.5. The van der Waals surface area contributed by atoms with Gasteiger partial charge in [-0.1, -0.05) is 276 Å². The number of allylic oxidation sites excluding steroid dienone is 6. The van der Waals surface area contributed by atoms with E-state index >= 15 is 0 Å². The smallest absolute Gasteiger partial charge is 0.306 e. The van der Waals surface area contributed by atoms with E-state index in [1.165, 1.54) is 231 Å². The topological polar surface area (TPSA) is 78.9 Å². The Bertz CT molecular complexity index is 1170. The van der Waals surface area contributed by atoms with E-state index in [-0.39, 0.29) is 31.1 Å². The third-order valence-corrected chi connectivity index (χ3v) is 13.9. The highest BCUT2D eigenvalue weighted by molar-refractivity contribution is 5.71. The van der Waals surface area contributed by atoms with E-state index in [0.29, 0.717) is 19.3 Å². The molecule has 0 aliphatic carbocycles. The molecule has 1 unspecified atom stereocenters. The molecule has 0 saturated heterocycles. The predicted molar refractivity (Wildman–Crippen MR) is 302 cm³/mol. The molecule has 0 amide bonds. The van der Waals surface area contributed by atoms with Crippen LogP contribution in [0, 0.1) is 0 Å². The van der Waals surface area contributed by atoms with Gasteiger partial charge in [0.05, 0.1) is 0 Å². The lowest BCUT2D eigenvalue weighted by atomic mass is 10.0. The quantitative estimate of drug-likeness (QED) is 0.0261. The van der Waals surface area contributed by atoms with Gasteiger partial charge in [-0.2, -0.15) is 0 Å². The number of rotatable bonds is 57. The van der Waals surface area contributed by atoms with Gasteiger partial charge >= 0.3 is 17.9 Å². The van der Waals surface area contributed by atoms with Crippen molar-refractivity contribution in [2.45, 2.75) is 341 Å². The molecule has 6 nitrogen and oxygen atoms in total. The highest BCUT2D eigenvalue weighted by atomic mass is 16.6. The molecule has 0 heterocycles. The summed E-state index contributed by atoms with van der Waals surface area (Å²) < 4.78 is 16.9. The summed E-state index contributed by atoms with van der Waals surface area (Å²) in [6.45, 7) is 6.63. The maximum Gasteiger partial charge on any atom is 0.306 e. The van der Waals surface area contributed by atoms with Crippen LogP contribution < -0.4 is 0 Å². The van der Waals surface area contributed by atoms with Crippen LogP contribution in [0.1, 0.15) is 335 Å². The first-order valence-electron chi connectivity index (χ1n) is 31.0. The fourth-order valence-electron chi connectivity index (χ4n) is 9.18. The molecule has 0 spiro atoms. The molecular formula is C64H118O6. The average molecular weight is 984 g/mol. The minimum absolute atomic E-state index is 0.0702. The van der Waals surface area contributed by atoms with Crippen LogP contribution in [-0.2, 0) is 28.6 Å². The largest absolute Gasteiger partial charge is 0.462 e.